The van der Waals surface area contributed by atoms with E-state index in [-0.39, 0.29) is 12.3 Å². The molecule has 1 saturated heterocycles. The fraction of sp³-hybridized carbons (Fsp3) is 0.800. The smallest absolute Gasteiger partial charge is 0.318 e. The molecule has 1 rings (SSSR count). The predicted octanol–water partition coefficient (Wildman–Crippen LogP) is -0.582. The number of nitrogens with zero attached hydrogens (tertiary/aromatic N) is 1. The summed E-state index contributed by atoms with van der Waals surface area (Å²) in [6, 6.07) is -0.813. The van der Waals surface area contributed by atoms with Crippen molar-refractivity contribution < 1.29 is 14.7 Å². The van der Waals surface area contributed by atoms with E-state index in [0.717, 1.165) is 13.1 Å². The molecule has 0 radical (unpaired) electrons. The summed E-state index contributed by atoms with van der Waals surface area (Å²) in [7, 11) is 0. The Morgan fingerprint density at radius 3 is 2.50 bits per heavy atom. The molecule has 0 unspecified atom stereocenters. The Morgan fingerprint density at radius 2 is 2.00 bits per heavy atom. The molecule has 0 spiro atoms. The van der Waals surface area contributed by atoms with Gasteiger partial charge in [-0.25, -0.2) is 4.79 Å². The third-order valence-corrected chi connectivity index (χ3v) is 2.85. The van der Waals surface area contributed by atoms with E-state index in [1.165, 1.54) is 0 Å². The van der Waals surface area contributed by atoms with Crippen molar-refractivity contribution >= 4 is 11.9 Å². The highest BCUT2D eigenvalue weighted by Crippen LogP contribution is 2.20. The molecule has 3 amide bonds. The summed E-state index contributed by atoms with van der Waals surface area (Å²) in [4.78, 5) is 23.6. The topological polar surface area (TPSA) is 95.7 Å². The van der Waals surface area contributed by atoms with Crippen LogP contribution in [0.3, 0.4) is 0 Å². The number of rotatable bonds is 3. The molecule has 16 heavy (non-hydrogen) atoms. The number of primary amides is 1. The largest absolute Gasteiger partial charge is 0.390 e. The van der Waals surface area contributed by atoms with Crippen molar-refractivity contribution in [3.05, 3.63) is 0 Å². The molecule has 0 aromatic carbocycles. The van der Waals surface area contributed by atoms with Crippen LogP contribution in [-0.2, 0) is 4.79 Å². The molecule has 92 valence electrons. The van der Waals surface area contributed by atoms with Crippen molar-refractivity contribution in [2.45, 2.75) is 31.8 Å². The number of imide groups is 1. The molecule has 0 saturated carbocycles. The number of nitrogens with one attached hydrogen (secondary N) is 1. The summed E-state index contributed by atoms with van der Waals surface area (Å²) >= 11 is 0. The number of amides is 3. The van der Waals surface area contributed by atoms with E-state index >= 15 is 0 Å². The normalized spacial score (nSPS) is 20.4. The fourth-order valence-corrected chi connectivity index (χ4v) is 1.72. The van der Waals surface area contributed by atoms with Gasteiger partial charge in [-0.1, -0.05) is 0 Å². The van der Waals surface area contributed by atoms with Gasteiger partial charge in [-0.15, -0.1) is 0 Å². The minimum atomic E-state index is -0.813. The van der Waals surface area contributed by atoms with Gasteiger partial charge in [-0.2, -0.15) is 0 Å². The second kappa shape index (κ2) is 5.27. The molecule has 6 nitrogen and oxygen atoms in total. The number of carbonyl (C=O) groups excluding carboxylic acids is 2. The molecule has 0 aliphatic carbocycles. The molecule has 0 aromatic rings. The summed E-state index contributed by atoms with van der Waals surface area (Å²) < 4.78 is 0. The first kappa shape index (κ1) is 12.9. The van der Waals surface area contributed by atoms with Gasteiger partial charge in [0.25, 0.3) is 0 Å². The minimum absolute atomic E-state index is 0.255. The number of hydrogen-bond donors (Lipinski definition) is 3. The standard InChI is InChI=1S/C10H19N3O3/c1-10(16)3-6-13(7-4-10)5-2-8(14)12-9(11)15/h16H,2-7H2,1H3,(H3,11,12,14,15). The lowest BCUT2D eigenvalue weighted by Gasteiger charge is -2.35. The number of likely N-dealkylation sites (tertiary alicyclic amines) is 1. The zero-order valence-corrected chi connectivity index (χ0v) is 9.53. The van der Waals surface area contributed by atoms with Crippen LogP contribution < -0.4 is 11.1 Å². The number of carbonyl (C=O) groups is 2. The second-order valence-electron chi connectivity index (χ2n) is 4.50. The van der Waals surface area contributed by atoms with E-state index in [1.807, 2.05) is 12.2 Å². The van der Waals surface area contributed by atoms with Crippen molar-refractivity contribution in [3.63, 3.8) is 0 Å². The fourth-order valence-electron chi connectivity index (χ4n) is 1.72. The molecule has 1 fully saturated rings. The molecule has 1 aliphatic heterocycles. The zero-order valence-electron chi connectivity index (χ0n) is 9.53. The quantitative estimate of drug-likeness (QED) is 0.603. The Morgan fingerprint density at radius 1 is 1.44 bits per heavy atom. The minimum Gasteiger partial charge on any atom is -0.390 e. The van der Waals surface area contributed by atoms with Crippen LogP contribution in [0.2, 0.25) is 0 Å². The van der Waals surface area contributed by atoms with Crippen LogP contribution in [0, 0.1) is 0 Å². The first-order valence-corrected chi connectivity index (χ1v) is 5.43. The van der Waals surface area contributed by atoms with Gasteiger partial charge < -0.3 is 15.7 Å². The van der Waals surface area contributed by atoms with Gasteiger partial charge in [0.05, 0.1) is 5.60 Å². The highest BCUT2D eigenvalue weighted by Gasteiger charge is 2.27. The Hall–Kier alpha value is -1.14. The molecular weight excluding hydrogens is 210 g/mol. The van der Waals surface area contributed by atoms with Gasteiger partial charge in [-0.05, 0) is 19.8 Å². The predicted molar refractivity (Wildman–Crippen MR) is 58.6 cm³/mol. The van der Waals surface area contributed by atoms with Crippen molar-refractivity contribution in [3.8, 4) is 0 Å². The first-order chi connectivity index (χ1) is 7.39. The van der Waals surface area contributed by atoms with Gasteiger partial charge in [0.15, 0.2) is 0 Å². The number of aliphatic hydroxyl groups is 1. The van der Waals surface area contributed by atoms with E-state index < -0.39 is 11.6 Å². The van der Waals surface area contributed by atoms with Gasteiger partial charge in [0.2, 0.25) is 5.91 Å². The van der Waals surface area contributed by atoms with E-state index in [4.69, 9.17) is 5.73 Å². The van der Waals surface area contributed by atoms with Crippen molar-refractivity contribution in [1.29, 1.82) is 0 Å². The summed E-state index contributed by atoms with van der Waals surface area (Å²) in [5, 5.41) is 11.7. The second-order valence-corrected chi connectivity index (χ2v) is 4.50. The van der Waals surface area contributed by atoms with Crippen LogP contribution in [0.4, 0.5) is 4.79 Å². The molecule has 1 heterocycles. The van der Waals surface area contributed by atoms with E-state index in [1.54, 1.807) is 0 Å². The molecule has 0 atom stereocenters. The van der Waals surface area contributed by atoms with Crippen LogP contribution >= 0.6 is 0 Å². The van der Waals surface area contributed by atoms with Crippen LogP contribution in [-0.4, -0.2) is 47.2 Å². The third-order valence-electron chi connectivity index (χ3n) is 2.85. The van der Waals surface area contributed by atoms with Gasteiger partial charge in [0.1, 0.15) is 0 Å². The summed E-state index contributed by atoms with van der Waals surface area (Å²) in [6.07, 6.45) is 1.68. The Balaban J connectivity index is 2.20. The maximum Gasteiger partial charge on any atom is 0.318 e. The highest BCUT2D eigenvalue weighted by atomic mass is 16.3. The summed E-state index contributed by atoms with van der Waals surface area (Å²) in [5.74, 6) is -0.357. The third kappa shape index (κ3) is 4.59. The van der Waals surface area contributed by atoms with Crippen LogP contribution in [0.15, 0.2) is 0 Å². The Kier molecular flexibility index (Phi) is 4.26. The van der Waals surface area contributed by atoms with Gasteiger partial charge >= 0.3 is 6.03 Å². The van der Waals surface area contributed by atoms with Crippen LogP contribution in [0.1, 0.15) is 26.2 Å². The molecule has 0 bridgehead atoms. The van der Waals surface area contributed by atoms with Crippen molar-refractivity contribution in [2.24, 2.45) is 5.73 Å². The SMILES string of the molecule is CC1(O)CCN(CCC(=O)NC(N)=O)CC1. The monoisotopic (exact) mass is 229 g/mol. The zero-order chi connectivity index (χ0) is 12.2. The molecular formula is C10H19N3O3. The van der Waals surface area contributed by atoms with Gasteiger partial charge in [0, 0.05) is 26.1 Å². The maximum absolute atomic E-state index is 11.1. The average Bonchev–Trinajstić information content (AvgIpc) is 2.15. The lowest BCUT2D eigenvalue weighted by molar-refractivity contribution is -0.120. The lowest BCUT2D eigenvalue weighted by atomic mass is 9.94. The molecule has 6 heteroatoms. The first-order valence-electron chi connectivity index (χ1n) is 5.43. The van der Waals surface area contributed by atoms with E-state index in [2.05, 4.69) is 4.90 Å². The van der Waals surface area contributed by atoms with E-state index in [9.17, 15) is 14.7 Å². The van der Waals surface area contributed by atoms with Crippen molar-refractivity contribution in [1.82, 2.24) is 10.2 Å². The number of nitrogens with two attached hydrogens (primary N) is 1. The lowest BCUT2D eigenvalue weighted by Crippen LogP contribution is -2.44. The molecule has 4 N–H and O–H groups in total. The highest BCUT2D eigenvalue weighted by molar-refractivity contribution is 5.93. The van der Waals surface area contributed by atoms with Crippen LogP contribution in [0.25, 0.3) is 0 Å². The van der Waals surface area contributed by atoms with Crippen LogP contribution in [0.5, 0.6) is 0 Å². The number of urea groups is 1. The Labute approximate surface area is 94.8 Å². The average molecular weight is 229 g/mol. The summed E-state index contributed by atoms with van der Waals surface area (Å²) in [5.41, 5.74) is 4.24. The maximum atomic E-state index is 11.1. The van der Waals surface area contributed by atoms with E-state index in [0.29, 0.717) is 19.4 Å². The summed E-state index contributed by atoms with van der Waals surface area (Å²) in [6.45, 7) is 3.97. The molecule has 1 aliphatic rings. The van der Waals surface area contributed by atoms with Crippen molar-refractivity contribution in [2.75, 3.05) is 19.6 Å². The van der Waals surface area contributed by atoms with Gasteiger partial charge in [-0.3, -0.25) is 10.1 Å². The number of piperidine rings is 1. The number of hydrogen-bond acceptors (Lipinski definition) is 4. The Bertz CT molecular complexity index is 268. The molecule has 0 aromatic heterocycles.